The number of esters is 1. The standard InChI is InChI=1S/C21H25BrN4O6S/c1-4-15(19(29)31-5-2)33-21-23-17-16(18(28)24-20(30)25(17)3)26(21)10-13(27)11-32-14-8-6-12(22)7-9-14/h6-9,13,15,27H,4-5,10-11H2,1-3H3,(H,24,28,30)/t13-,15-/m1/s1. The molecular weight excluding hydrogens is 516 g/mol. The van der Waals surface area contributed by atoms with Crippen molar-refractivity contribution in [2.24, 2.45) is 7.05 Å². The summed E-state index contributed by atoms with van der Waals surface area (Å²) in [5.41, 5.74) is -0.949. The van der Waals surface area contributed by atoms with Gasteiger partial charge in [-0.25, -0.2) is 9.78 Å². The number of aliphatic hydroxyl groups is 1. The van der Waals surface area contributed by atoms with Gasteiger partial charge in [-0.3, -0.25) is 19.1 Å². The van der Waals surface area contributed by atoms with E-state index >= 15 is 0 Å². The molecule has 178 valence electrons. The summed E-state index contributed by atoms with van der Waals surface area (Å²) in [6.07, 6.45) is -0.526. The zero-order valence-electron chi connectivity index (χ0n) is 18.4. The molecule has 1 aromatic carbocycles. The second-order valence-corrected chi connectivity index (χ2v) is 9.27. The minimum atomic E-state index is -0.996. The summed E-state index contributed by atoms with van der Waals surface area (Å²) >= 11 is 4.47. The largest absolute Gasteiger partial charge is 0.491 e. The Morgan fingerprint density at radius 3 is 2.61 bits per heavy atom. The Morgan fingerprint density at radius 2 is 1.97 bits per heavy atom. The number of aryl methyl sites for hydroxylation is 1. The molecule has 3 aromatic rings. The first-order chi connectivity index (χ1) is 15.7. The van der Waals surface area contributed by atoms with Gasteiger partial charge in [0, 0.05) is 11.5 Å². The van der Waals surface area contributed by atoms with E-state index in [0.29, 0.717) is 17.3 Å². The van der Waals surface area contributed by atoms with Gasteiger partial charge in [0.2, 0.25) is 0 Å². The molecule has 3 rings (SSSR count). The van der Waals surface area contributed by atoms with E-state index in [1.54, 1.807) is 19.1 Å². The second kappa shape index (κ2) is 11.0. The van der Waals surface area contributed by atoms with Gasteiger partial charge in [0.25, 0.3) is 5.56 Å². The molecule has 2 atom stereocenters. The van der Waals surface area contributed by atoms with Crippen LogP contribution in [0.5, 0.6) is 5.75 Å². The second-order valence-electron chi connectivity index (χ2n) is 7.18. The van der Waals surface area contributed by atoms with E-state index < -0.39 is 28.6 Å². The summed E-state index contributed by atoms with van der Waals surface area (Å²) in [4.78, 5) is 43.7. The van der Waals surface area contributed by atoms with Crippen LogP contribution >= 0.6 is 27.7 Å². The maximum Gasteiger partial charge on any atom is 0.329 e. The van der Waals surface area contributed by atoms with E-state index in [0.717, 1.165) is 16.2 Å². The van der Waals surface area contributed by atoms with Gasteiger partial charge in [-0.1, -0.05) is 34.6 Å². The number of benzene rings is 1. The first-order valence-corrected chi connectivity index (χ1v) is 12.0. The molecule has 0 aliphatic rings. The molecule has 2 N–H and O–H groups in total. The van der Waals surface area contributed by atoms with Gasteiger partial charge < -0.3 is 19.1 Å². The number of halogens is 1. The van der Waals surface area contributed by atoms with E-state index in [-0.39, 0.29) is 30.9 Å². The quantitative estimate of drug-likeness (QED) is 0.295. The number of carbonyl (C=O) groups excluding carboxylic acids is 1. The Kier molecular flexibility index (Phi) is 8.38. The number of aromatic amines is 1. The van der Waals surface area contributed by atoms with E-state index in [1.807, 2.05) is 19.1 Å². The number of H-pyrrole nitrogens is 1. The molecule has 33 heavy (non-hydrogen) atoms. The number of aromatic nitrogens is 4. The first kappa shape index (κ1) is 25.1. The number of hydrogen-bond donors (Lipinski definition) is 2. The summed E-state index contributed by atoms with van der Waals surface area (Å²) < 4.78 is 14.4. The number of thioether (sulfide) groups is 1. The van der Waals surface area contributed by atoms with Crippen molar-refractivity contribution in [2.45, 2.75) is 43.3 Å². The van der Waals surface area contributed by atoms with Crippen LogP contribution in [0.1, 0.15) is 20.3 Å². The van der Waals surface area contributed by atoms with Crippen molar-refractivity contribution < 1.29 is 19.4 Å². The summed E-state index contributed by atoms with van der Waals surface area (Å²) in [5.74, 6) is 0.182. The van der Waals surface area contributed by atoms with Crippen LogP contribution in [0.25, 0.3) is 11.2 Å². The van der Waals surface area contributed by atoms with Gasteiger partial charge in [0.05, 0.1) is 13.2 Å². The van der Waals surface area contributed by atoms with Gasteiger partial charge >= 0.3 is 11.7 Å². The lowest BCUT2D eigenvalue weighted by Gasteiger charge is -2.17. The minimum absolute atomic E-state index is 0.0318. The summed E-state index contributed by atoms with van der Waals surface area (Å²) in [6.45, 7) is 3.74. The molecule has 0 saturated heterocycles. The zero-order chi connectivity index (χ0) is 24.1. The fourth-order valence-corrected chi connectivity index (χ4v) is 4.40. The molecule has 0 spiro atoms. The van der Waals surface area contributed by atoms with E-state index in [4.69, 9.17) is 9.47 Å². The molecule has 12 heteroatoms. The van der Waals surface area contributed by atoms with Crippen LogP contribution in [0.3, 0.4) is 0 Å². The summed E-state index contributed by atoms with van der Waals surface area (Å²) in [7, 11) is 1.49. The van der Waals surface area contributed by atoms with Crippen molar-refractivity contribution in [3.05, 3.63) is 49.6 Å². The van der Waals surface area contributed by atoms with E-state index in [1.165, 1.54) is 16.2 Å². The molecular formula is C21H25BrN4O6S. The zero-order valence-corrected chi connectivity index (χ0v) is 20.8. The Hall–Kier alpha value is -2.57. The molecule has 0 radical (unpaired) electrons. The van der Waals surface area contributed by atoms with Gasteiger partial charge in [-0.05, 0) is 37.6 Å². The van der Waals surface area contributed by atoms with Gasteiger partial charge in [0.1, 0.15) is 23.7 Å². The number of nitrogens with one attached hydrogen (secondary N) is 1. The highest BCUT2D eigenvalue weighted by molar-refractivity contribution is 9.10. The number of ether oxygens (including phenoxy) is 2. The van der Waals surface area contributed by atoms with Crippen LogP contribution in [-0.4, -0.2) is 54.7 Å². The average Bonchev–Trinajstić information content (AvgIpc) is 3.14. The molecule has 2 heterocycles. The smallest absolute Gasteiger partial charge is 0.329 e. The molecule has 0 bridgehead atoms. The number of fused-ring (bicyclic) bond motifs is 1. The lowest BCUT2D eigenvalue weighted by Crippen LogP contribution is -2.31. The number of carbonyl (C=O) groups is 1. The third kappa shape index (κ3) is 5.87. The minimum Gasteiger partial charge on any atom is -0.491 e. The number of hydrogen-bond acceptors (Lipinski definition) is 8. The van der Waals surface area contributed by atoms with E-state index in [9.17, 15) is 19.5 Å². The van der Waals surface area contributed by atoms with Crippen LogP contribution in [0.4, 0.5) is 0 Å². The SMILES string of the molecule is CCOC(=O)[C@@H](CC)Sc1nc2c(c(=O)[nH]c(=O)n2C)n1C[C@@H](O)COc1ccc(Br)cc1. The first-order valence-electron chi connectivity index (χ1n) is 10.3. The van der Waals surface area contributed by atoms with Crippen molar-refractivity contribution in [3.8, 4) is 5.75 Å². The maximum atomic E-state index is 12.6. The summed E-state index contributed by atoms with van der Waals surface area (Å²) in [6, 6.07) is 7.16. The van der Waals surface area contributed by atoms with Crippen molar-refractivity contribution in [1.29, 1.82) is 0 Å². The third-order valence-corrected chi connectivity index (χ3v) is 6.65. The van der Waals surface area contributed by atoms with Gasteiger partial charge in [-0.2, -0.15) is 0 Å². The van der Waals surface area contributed by atoms with Crippen LogP contribution in [0, 0.1) is 0 Å². The predicted octanol–water partition coefficient (Wildman–Crippen LogP) is 2.06. The Bertz CT molecular complexity index is 1240. The van der Waals surface area contributed by atoms with Crippen LogP contribution < -0.4 is 16.0 Å². The molecule has 10 nitrogen and oxygen atoms in total. The summed E-state index contributed by atoms with van der Waals surface area (Å²) in [5, 5.41) is 10.4. The van der Waals surface area contributed by atoms with Crippen LogP contribution in [0.15, 0.2) is 43.5 Å². The van der Waals surface area contributed by atoms with Gasteiger partial charge in [-0.15, -0.1) is 0 Å². The van der Waals surface area contributed by atoms with Crippen molar-refractivity contribution in [2.75, 3.05) is 13.2 Å². The number of imidazole rings is 1. The molecule has 0 aliphatic carbocycles. The van der Waals surface area contributed by atoms with Crippen molar-refractivity contribution in [3.63, 3.8) is 0 Å². The van der Waals surface area contributed by atoms with Gasteiger partial charge in [0.15, 0.2) is 16.3 Å². The molecule has 0 fully saturated rings. The highest BCUT2D eigenvalue weighted by atomic mass is 79.9. The molecule has 0 saturated carbocycles. The highest BCUT2D eigenvalue weighted by Crippen LogP contribution is 2.28. The lowest BCUT2D eigenvalue weighted by atomic mass is 10.3. The highest BCUT2D eigenvalue weighted by Gasteiger charge is 2.26. The Balaban J connectivity index is 1.93. The lowest BCUT2D eigenvalue weighted by molar-refractivity contribution is -0.142. The molecule has 2 aromatic heterocycles. The van der Waals surface area contributed by atoms with Crippen molar-refractivity contribution in [1.82, 2.24) is 19.1 Å². The third-order valence-electron chi connectivity index (χ3n) is 4.79. The predicted molar refractivity (Wildman–Crippen MR) is 128 cm³/mol. The maximum absolute atomic E-state index is 12.6. The van der Waals surface area contributed by atoms with Crippen molar-refractivity contribution >= 4 is 44.8 Å². The van der Waals surface area contributed by atoms with E-state index in [2.05, 4.69) is 25.9 Å². The normalized spacial score (nSPS) is 13.1. The molecule has 0 aliphatic heterocycles. The average molecular weight is 541 g/mol. The van der Waals surface area contributed by atoms with Crippen LogP contribution in [0.2, 0.25) is 0 Å². The number of rotatable bonds is 10. The molecule has 0 amide bonds. The monoisotopic (exact) mass is 540 g/mol. The fourth-order valence-electron chi connectivity index (χ4n) is 3.12. The number of nitrogens with zero attached hydrogens (tertiary/aromatic N) is 3. The Labute approximate surface area is 202 Å². The fraction of sp³-hybridized carbons (Fsp3) is 0.429. The Morgan fingerprint density at radius 1 is 1.27 bits per heavy atom. The topological polar surface area (TPSA) is 128 Å². The van der Waals surface area contributed by atoms with Crippen LogP contribution in [-0.2, 0) is 23.1 Å². The molecule has 0 unspecified atom stereocenters. The number of aliphatic hydroxyl groups excluding tert-OH is 1.